The second-order valence-corrected chi connectivity index (χ2v) is 6.30. The van der Waals surface area contributed by atoms with Gasteiger partial charge in [-0.1, -0.05) is 19.1 Å². The molecule has 1 aromatic carbocycles. The van der Waals surface area contributed by atoms with E-state index in [4.69, 9.17) is 0 Å². The normalized spacial score (nSPS) is 24.4. The average Bonchev–Trinajstić information content (AvgIpc) is 2.95. The molecule has 0 bridgehead atoms. The summed E-state index contributed by atoms with van der Waals surface area (Å²) in [6, 6.07) is 8.12. The van der Waals surface area contributed by atoms with Gasteiger partial charge in [-0.25, -0.2) is 0 Å². The van der Waals surface area contributed by atoms with Crippen molar-refractivity contribution in [2.24, 2.45) is 11.8 Å². The number of carbonyl (C=O) groups is 1. The summed E-state index contributed by atoms with van der Waals surface area (Å²) in [5, 5.41) is 6.49. The Morgan fingerprint density at radius 3 is 3.00 bits per heavy atom. The molecule has 22 heavy (non-hydrogen) atoms. The van der Waals surface area contributed by atoms with E-state index in [9.17, 15) is 4.79 Å². The molecule has 4 nitrogen and oxygen atoms in total. The molecule has 2 saturated heterocycles. The summed E-state index contributed by atoms with van der Waals surface area (Å²) in [6.45, 7) is 7.02. The smallest absolute Gasteiger partial charge is 0.238 e. The molecule has 1 amide bonds. The van der Waals surface area contributed by atoms with Crippen LogP contribution in [0.3, 0.4) is 0 Å². The van der Waals surface area contributed by atoms with Crippen LogP contribution < -0.4 is 10.6 Å². The third kappa shape index (κ3) is 4.22. The van der Waals surface area contributed by atoms with Crippen molar-refractivity contribution in [1.29, 1.82) is 0 Å². The van der Waals surface area contributed by atoms with Crippen LogP contribution in [0, 0.1) is 11.8 Å². The van der Waals surface area contributed by atoms with Crippen molar-refractivity contribution in [1.82, 2.24) is 10.2 Å². The second-order valence-electron chi connectivity index (χ2n) is 6.30. The summed E-state index contributed by atoms with van der Waals surface area (Å²) >= 11 is 0. The van der Waals surface area contributed by atoms with Crippen LogP contribution in [-0.4, -0.2) is 43.5 Å². The summed E-state index contributed by atoms with van der Waals surface area (Å²) in [4.78, 5) is 14.5. The Kier molecular flexibility index (Phi) is 6.24. The van der Waals surface area contributed by atoms with Crippen molar-refractivity contribution in [3.8, 4) is 0 Å². The Hall–Kier alpha value is -1.10. The van der Waals surface area contributed by atoms with Crippen molar-refractivity contribution >= 4 is 24.0 Å². The molecule has 2 atom stereocenters. The molecule has 0 aliphatic carbocycles. The van der Waals surface area contributed by atoms with Crippen LogP contribution >= 0.6 is 12.4 Å². The summed E-state index contributed by atoms with van der Waals surface area (Å²) in [5.74, 6) is 1.66. The summed E-state index contributed by atoms with van der Waals surface area (Å²) in [6.07, 6.45) is 2.21. The third-order valence-electron chi connectivity index (χ3n) is 4.77. The SMILES string of the molecule is CCc1cccc(NC(=O)CN2CCC3CNCC3C2)c1.Cl. The number of piperidine rings is 1. The van der Waals surface area contributed by atoms with Gasteiger partial charge < -0.3 is 10.6 Å². The van der Waals surface area contributed by atoms with Crippen LogP contribution in [-0.2, 0) is 11.2 Å². The predicted octanol–water partition coefficient (Wildman–Crippen LogP) is 2.15. The van der Waals surface area contributed by atoms with Gasteiger partial charge in [-0.15, -0.1) is 12.4 Å². The van der Waals surface area contributed by atoms with E-state index in [0.29, 0.717) is 6.54 Å². The highest BCUT2D eigenvalue weighted by Gasteiger charge is 2.33. The third-order valence-corrected chi connectivity index (χ3v) is 4.77. The average molecular weight is 324 g/mol. The van der Waals surface area contributed by atoms with Crippen LogP contribution in [0.4, 0.5) is 5.69 Å². The lowest BCUT2D eigenvalue weighted by atomic mass is 9.89. The number of fused-ring (bicyclic) bond motifs is 1. The minimum atomic E-state index is 0. The number of nitrogens with one attached hydrogen (secondary N) is 2. The molecule has 2 unspecified atom stereocenters. The number of carbonyl (C=O) groups excluding carboxylic acids is 1. The minimum Gasteiger partial charge on any atom is -0.325 e. The van der Waals surface area contributed by atoms with Crippen LogP contribution in [0.25, 0.3) is 0 Å². The van der Waals surface area contributed by atoms with Crippen LogP contribution in [0.2, 0.25) is 0 Å². The first-order valence-electron chi connectivity index (χ1n) is 8.06. The van der Waals surface area contributed by atoms with Gasteiger partial charge in [0.2, 0.25) is 5.91 Å². The summed E-state index contributed by atoms with van der Waals surface area (Å²) in [7, 11) is 0. The Morgan fingerprint density at radius 2 is 2.18 bits per heavy atom. The largest absolute Gasteiger partial charge is 0.325 e. The van der Waals surface area contributed by atoms with Gasteiger partial charge in [0.25, 0.3) is 0 Å². The highest BCUT2D eigenvalue weighted by Crippen LogP contribution is 2.26. The van der Waals surface area contributed by atoms with Crippen molar-refractivity contribution < 1.29 is 4.79 Å². The van der Waals surface area contributed by atoms with Gasteiger partial charge in [0, 0.05) is 12.2 Å². The molecule has 2 aliphatic heterocycles. The lowest BCUT2D eigenvalue weighted by Crippen LogP contribution is -2.43. The fourth-order valence-corrected chi connectivity index (χ4v) is 3.53. The molecule has 3 rings (SSSR count). The molecule has 2 aliphatic rings. The Morgan fingerprint density at radius 1 is 1.36 bits per heavy atom. The molecule has 122 valence electrons. The molecule has 5 heteroatoms. The van der Waals surface area contributed by atoms with E-state index in [1.54, 1.807) is 0 Å². The monoisotopic (exact) mass is 323 g/mol. The molecule has 2 fully saturated rings. The van der Waals surface area contributed by atoms with Gasteiger partial charge in [0.1, 0.15) is 0 Å². The molecule has 1 aromatic rings. The maximum absolute atomic E-state index is 12.2. The minimum absolute atomic E-state index is 0. The van der Waals surface area contributed by atoms with Crippen LogP contribution in [0.1, 0.15) is 18.9 Å². The molecule has 2 heterocycles. The number of benzene rings is 1. The zero-order valence-corrected chi connectivity index (χ0v) is 14.0. The van der Waals surface area contributed by atoms with Gasteiger partial charge in [0.15, 0.2) is 0 Å². The van der Waals surface area contributed by atoms with E-state index in [1.165, 1.54) is 12.0 Å². The molecule has 0 radical (unpaired) electrons. The zero-order chi connectivity index (χ0) is 14.7. The lowest BCUT2D eigenvalue weighted by molar-refractivity contribution is -0.117. The van der Waals surface area contributed by atoms with Crippen molar-refractivity contribution in [2.45, 2.75) is 19.8 Å². The second kappa shape index (κ2) is 7.95. The number of halogens is 1. The Bertz CT molecular complexity index is 508. The van der Waals surface area contributed by atoms with Gasteiger partial charge >= 0.3 is 0 Å². The van der Waals surface area contributed by atoms with E-state index in [0.717, 1.165) is 50.1 Å². The van der Waals surface area contributed by atoms with Crippen molar-refractivity contribution in [3.05, 3.63) is 29.8 Å². The maximum Gasteiger partial charge on any atom is 0.238 e. The predicted molar refractivity (Wildman–Crippen MR) is 92.6 cm³/mol. The van der Waals surface area contributed by atoms with Gasteiger partial charge in [-0.3, -0.25) is 9.69 Å². The first-order valence-corrected chi connectivity index (χ1v) is 8.06. The van der Waals surface area contributed by atoms with E-state index in [1.807, 2.05) is 12.1 Å². The lowest BCUT2D eigenvalue weighted by Gasteiger charge is -2.33. The number of likely N-dealkylation sites (tertiary alicyclic amines) is 1. The van der Waals surface area contributed by atoms with E-state index >= 15 is 0 Å². The topological polar surface area (TPSA) is 44.4 Å². The number of hydrogen-bond donors (Lipinski definition) is 2. The number of hydrogen-bond acceptors (Lipinski definition) is 3. The molecule has 0 aromatic heterocycles. The quantitative estimate of drug-likeness (QED) is 0.892. The molecular formula is C17H26ClN3O. The Balaban J connectivity index is 0.00000176. The first kappa shape index (κ1) is 17.3. The first-order chi connectivity index (χ1) is 10.2. The van der Waals surface area contributed by atoms with Crippen LogP contribution in [0.5, 0.6) is 0 Å². The Labute approximate surface area is 139 Å². The van der Waals surface area contributed by atoms with Crippen molar-refractivity contribution in [2.75, 3.05) is 38.0 Å². The van der Waals surface area contributed by atoms with E-state index in [-0.39, 0.29) is 18.3 Å². The van der Waals surface area contributed by atoms with E-state index in [2.05, 4.69) is 34.6 Å². The maximum atomic E-state index is 12.2. The number of amides is 1. The van der Waals surface area contributed by atoms with Crippen molar-refractivity contribution in [3.63, 3.8) is 0 Å². The van der Waals surface area contributed by atoms with Gasteiger partial charge in [-0.2, -0.15) is 0 Å². The fourth-order valence-electron chi connectivity index (χ4n) is 3.53. The number of aryl methyl sites for hydroxylation is 1. The highest BCUT2D eigenvalue weighted by molar-refractivity contribution is 5.92. The fraction of sp³-hybridized carbons (Fsp3) is 0.588. The zero-order valence-electron chi connectivity index (χ0n) is 13.2. The molecule has 0 spiro atoms. The summed E-state index contributed by atoms with van der Waals surface area (Å²) < 4.78 is 0. The highest BCUT2D eigenvalue weighted by atomic mass is 35.5. The van der Waals surface area contributed by atoms with E-state index < -0.39 is 0 Å². The molecular weight excluding hydrogens is 298 g/mol. The van der Waals surface area contributed by atoms with Crippen LogP contribution in [0.15, 0.2) is 24.3 Å². The number of nitrogens with zero attached hydrogens (tertiary/aromatic N) is 1. The molecule has 0 saturated carbocycles. The standard InChI is InChI=1S/C17H25N3O.ClH/c1-2-13-4-3-5-16(8-13)19-17(21)12-20-7-6-14-9-18-10-15(14)11-20;/h3-5,8,14-15,18H,2,6-7,9-12H2,1H3,(H,19,21);1H. The number of rotatable bonds is 4. The molecule has 2 N–H and O–H groups in total. The van der Waals surface area contributed by atoms with Gasteiger partial charge in [-0.05, 0) is 62.0 Å². The summed E-state index contributed by atoms with van der Waals surface area (Å²) in [5.41, 5.74) is 2.17. The van der Waals surface area contributed by atoms with Gasteiger partial charge in [0.05, 0.1) is 6.54 Å². The number of anilines is 1.